The summed E-state index contributed by atoms with van der Waals surface area (Å²) in [6, 6.07) is 10.7. The van der Waals surface area contributed by atoms with E-state index in [1.807, 2.05) is 26.0 Å². The van der Waals surface area contributed by atoms with Crippen LogP contribution >= 0.6 is 11.6 Å². The third-order valence-electron chi connectivity index (χ3n) is 2.98. The van der Waals surface area contributed by atoms with Crippen molar-refractivity contribution in [1.82, 2.24) is 4.98 Å². The molecule has 5 heteroatoms. The third kappa shape index (κ3) is 3.95. The zero-order chi connectivity index (χ0) is 15.2. The molecule has 0 unspecified atom stereocenters. The van der Waals surface area contributed by atoms with Crippen LogP contribution in [0.5, 0.6) is 0 Å². The van der Waals surface area contributed by atoms with Crippen LogP contribution in [-0.2, 0) is 6.42 Å². The lowest BCUT2D eigenvalue weighted by molar-refractivity contribution is 0.102. The number of aromatic nitrogens is 1. The van der Waals surface area contributed by atoms with Crippen LogP contribution in [0.2, 0.25) is 5.02 Å². The lowest BCUT2D eigenvalue weighted by Gasteiger charge is -2.10. The first-order valence-corrected chi connectivity index (χ1v) is 7.32. The van der Waals surface area contributed by atoms with Gasteiger partial charge in [0.1, 0.15) is 5.82 Å². The number of anilines is 2. The summed E-state index contributed by atoms with van der Waals surface area (Å²) in [5, 5.41) is 6.47. The molecule has 2 rings (SSSR count). The zero-order valence-corrected chi connectivity index (χ0v) is 12.9. The number of amides is 1. The molecular formula is C16H18ClN3O. The van der Waals surface area contributed by atoms with Gasteiger partial charge in [-0.15, -0.1) is 0 Å². The second-order valence-corrected chi connectivity index (χ2v) is 4.96. The maximum absolute atomic E-state index is 12.4. The Hall–Kier alpha value is -2.07. The molecule has 1 aromatic heterocycles. The first kappa shape index (κ1) is 15.3. The first-order valence-electron chi connectivity index (χ1n) is 6.94. The number of nitrogens with one attached hydrogen (secondary N) is 2. The van der Waals surface area contributed by atoms with Gasteiger partial charge in [-0.25, -0.2) is 4.98 Å². The highest BCUT2D eigenvalue weighted by Crippen LogP contribution is 2.21. The van der Waals surface area contributed by atoms with Gasteiger partial charge >= 0.3 is 0 Å². The molecule has 1 amide bonds. The number of halogens is 1. The Morgan fingerprint density at radius 2 is 2.00 bits per heavy atom. The molecular weight excluding hydrogens is 286 g/mol. The number of hydrogen-bond acceptors (Lipinski definition) is 3. The van der Waals surface area contributed by atoms with E-state index in [4.69, 9.17) is 11.6 Å². The molecule has 2 aromatic rings. The number of benzene rings is 1. The fraction of sp³-hybridized carbons (Fsp3) is 0.250. The Kier molecular flexibility index (Phi) is 5.17. The molecule has 2 N–H and O–H groups in total. The van der Waals surface area contributed by atoms with Crippen LogP contribution in [0, 0.1) is 0 Å². The van der Waals surface area contributed by atoms with Gasteiger partial charge in [0.15, 0.2) is 0 Å². The Morgan fingerprint density at radius 3 is 2.67 bits per heavy atom. The summed E-state index contributed by atoms with van der Waals surface area (Å²) in [5.74, 6) is 0.514. The quantitative estimate of drug-likeness (QED) is 0.878. The molecule has 4 nitrogen and oxygen atoms in total. The van der Waals surface area contributed by atoms with Crippen molar-refractivity contribution in [2.75, 3.05) is 17.2 Å². The Labute approximate surface area is 129 Å². The van der Waals surface area contributed by atoms with Gasteiger partial charge in [-0.1, -0.05) is 30.7 Å². The molecule has 0 saturated heterocycles. The molecule has 0 bridgehead atoms. The summed E-state index contributed by atoms with van der Waals surface area (Å²) in [4.78, 5) is 16.8. The average Bonchev–Trinajstić information content (AvgIpc) is 2.49. The minimum absolute atomic E-state index is 0.195. The summed E-state index contributed by atoms with van der Waals surface area (Å²) in [7, 11) is 0. The molecule has 0 fully saturated rings. The molecule has 1 heterocycles. The fourth-order valence-electron chi connectivity index (χ4n) is 1.93. The van der Waals surface area contributed by atoms with Crippen LogP contribution in [0.1, 0.15) is 29.9 Å². The Bertz CT molecular complexity index is 643. The minimum atomic E-state index is -0.195. The van der Waals surface area contributed by atoms with Crippen molar-refractivity contribution in [2.24, 2.45) is 0 Å². The standard InChI is InChI=1S/C16H18ClN3O/c1-3-12-9-11(10-15(19-12)18-4-2)16(21)20-14-8-6-5-7-13(14)17/h5-10H,3-4H2,1-2H3,(H,18,19)(H,20,21). The van der Waals surface area contributed by atoms with Gasteiger partial charge in [0.05, 0.1) is 10.7 Å². The fourth-order valence-corrected chi connectivity index (χ4v) is 2.11. The molecule has 110 valence electrons. The second-order valence-electron chi connectivity index (χ2n) is 4.55. The van der Waals surface area contributed by atoms with Crippen LogP contribution < -0.4 is 10.6 Å². The van der Waals surface area contributed by atoms with Gasteiger partial charge in [0.25, 0.3) is 5.91 Å². The topological polar surface area (TPSA) is 54.0 Å². The van der Waals surface area contributed by atoms with Crippen LogP contribution in [0.25, 0.3) is 0 Å². The van der Waals surface area contributed by atoms with E-state index < -0.39 is 0 Å². The lowest BCUT2D eigenvalue weighted by atomic mass is 10.1. The summed E-state index contributed by atoms with van der Waals surface area (Å²) in [5.41, 5.74) is 2.04. The number of carbonyl (C=O) groups is 1. The average molecular weight is 304 g/mol. The first-order chi connectivity index (χ1) is 10.1. The van der Waals surface area contributed by atoms with E-state index in [-0.39, 0.29) is 5.91 Å². The maximum Gasteiger partial charge on any atom is 0.255 e. The van der Waals surface area contributed by atoms with Crippen LogP contribution in [0.15, 0.2) is 36.4 Å². The predicted molar refractivity (Wildman–Crippen MR) is 87.2 cm³/mol. The maximum atomic E-state index is 12.4. The van der Waals surface area contributed by atoms with E-state index in [1.165, 1.54) is 0 Å². The Balaban J connectivity index is 2.26. The van der Waals surface area contributed by atoms with Gasteiger partial charge in [-0.3, -0.25) is 4.79 Å². The molecule has 0 atom stereocenters. The van der Waals surface area contributed by atoms with Crippen molar-refractivity contribution in [1.29, 1.82) is 0 Å². The number of para-hydroxylation sites is 1. The zero-order valence-electron chi connectivity index (χ0n) is 12.1. The normalized spacial score (nSPS) is 10.2. The number of carbonyl (C=O) groups excluding carboxylic acids is 1. The summed E-state index contributed by atoms with van der Waals surface area (Å²) in [6.45, 7) is 4.75. The van der Waals surface area contributed by atoms with Gasteiger partial charge < -0.3 is 10.6 Å². The van der Waals surface area contributed by atoms with E-state index >= 15 is 0 Å². The molecule has 0 spiro atoms. The van der Waals surface area contributed by atoms with E-state index in [1.54, 1.807) is 24.3 Å². The van der Waals surface area contributed by atoms with Gasteiger partial charge in [-0.05, 0) is 37.6 Å². The SMILES string of the molecule is CCNc1cc(C(=O)Nc2ccccc2Cl)cc(CC)n1. The number of hydrogen-bond donors (Lipinski definition) is 2. The molecule has 21 heavy (non-hydrogen) atoms. The second kappa shape index (κ2) is 7.09. The van der Waals surface area contributed by atoms with Gasteiger partial charge in [0.2, 0.25) is 0 Å². The summed E-state index contributed by atoms with van der Waals surface area (Å²) < 4.78 is 0. The number of aryl methyl sites for hydroxylation is 1. The highest BCUT2D eigenvalue weighted by Gasteiger charge is 2.11. The largest absolute Gasteiger partial charge is 0.370 e. The third-order valence-corrected chi connectivity index (χ3v) is 3.31. The molecule has 0 radical (unpaired) electrons. The molecule has 0 saturated carbocycles. The summed E-state index contributed by atoms with van der Waals surface area (Å²) in [6.07, 6.45) is 0.769. The van der Waals surface area contributed by atoms with Crippen molar-refractivity contribution in [2.45, 2.75) is 20.3 Å². The van der Waals surface area contributed by atoms with Crippen LogP contribution in [-0.4, -0.2) is 17.4 Å². The van der Waals surface area contributed by atoms with E-state index in [9.17, 15) is 4.79 Å². The van der Waals surface area contributed by atoms with Gasteiger partial charge in [0, 0.05) is 17.8 Å². The minimum Gasteiger partial charge on any atom is -0.370 e. The van der Waals surface area contributed by atoms with Crippen molar-refractivity contribution >= 4 is 29.0 Å². The van der Waals surface area contributed by atoms with E-state index in [2.05, 4.69) is 15.6 Å². The molecule has 0 aliphatic carbocycles. The number of nitrogens with zero attached hydrogens (tertiary/aromatic N) is 1. The van der Waals surface area contributed by atoms with Crippen molar-refractivity contribution in [3.63, 3.8) is 0 Å². The highest BCUT2D eigenvalue weighted by atomic mass is 35.5. The van der Waals surface area contributed by atoms with Crippen molar-refractivity contribution in [3.8, 4) is 0 Å². The van der Waals surface area contributed by atoms with Gasteiger partial charge in [-0.2, -0.15) is 0 Å². The smallest absolute Gasteiger partial charge is 0.255 e. The lowest BCUT2D eigenvalue weighted by Crippen LogP contribution is -2.14. The monoisotopic (exact) mass is 303 g/mol. The Morgan fingerprint density at radius 1 is 1.24 bits per heavy atom. The predicted octanol–water partition coefficient (Wildman–Crippen LogP) is 3.98. The van der Waals surface area contributed by atoms with E-state index in [0.29, 0.717) is 22.1 Å². The van der Waals surface area contributed by atoms with Crippen molar-refractivity contribution in [3.05, 3.63) is 52.7 Å². The molecule has 0 aliphatic rings. The van der Waals surface area contributed by atoms with Crippen LogP contribution in [0.3, 0.4) is 0 Å². The number of pyridine rings is 1. The number of rotatable bonds is 5. The summed E-state index contributed by atoms with van der Waals surface area (Å²) >= 11 is 6.06. The molecule has 1 aromatic carbocycles. The van der Waals surface area contributed by atoms with Crippen molar-refractivity contribution < 1.29 is 4.79 Å². The highest BCUT2D eigenvalue weighted by molar-refractivity contribution is 6.33. The van der Waals surface area contributed by atoms with Crippen LogP contribution in [0.4, 0.5) is 11.5 Å². The van der Waals surface area contributed by atoms with E-state index in [0.717, 1.165) is 18.7 Å². The molecule has 0 aliphatic heterocycles.